The summed E-state index contributed by atoms with van der Waals surface area (Å²) in [5.41, 5.74) is 16.7. The van der Waals surface area contributed by atoms with E-state index in [1.54, 1.807) is 0 Å². The second kappa shape index (κ2) is 15.8. The number of aromatic nitrogens is 9. The SMILES string of the molecule is CCc1c(Cn2c(-c3ccccn3)nc3ccccc32)c(CC)c(Cn2c(-c3ccccn3)nc3ccccc32)c(CC)c1Cn1c(-c2ccccn2)nc2ccccc21. The van der Waals surface area contributed by atoms with Gasteiger partial charge in [-0.05, 0) is 125 Å². The molecule has 0 spiro atoms. The van der Waals surface area contributed by atoms with E-state index in [4.69, 9.17) is 29.9 Å². The Morgan fingerprint density at radius 3 is 0.883 bits per heavy atom. The number of para-hydroxylation sites is 6. The molecule has 0 saturated carbocycles. The zero-order valence-corrected chi connectivity index (χ0v) is 34.1. The number of imidazole rings is 3. The molecule has 0 saturated heterocycles. The molecule has 10 aromatic rings. The molecule has 0 aliphatic heterocycles. The molecular weight excluding hydrogens is 739 g/mol. The van der Waals surface area contributed by atoms with Crippen molar-refractivity contribution < 1.29 is 0 Å². The van der Waals surface area contributed by atoms with Gasteiger partial charge in [-0.3, -0.25) is 15.0 Å². The maximum Gasteiger partial charge on any atom is 0.160 e. The number of hydrogen-bond donors (Lipinski definition) is 0. The molecule has 0 aliphatic carbocycles. The van der Waals surface area contributed by atoms with Crippen LogP contribution in [0.25, 0.3) is 67.7 Å². The minimum atomic E-state index is 0.637. The monoisotopic (exact) mass is 783 g/mol. The van der Waals surface area contributed by atoms with E-state index in [-0.39, 0.29) is 0 Å². The molecule has 0 N–H and O–H groups in total. The predicted octanol–water partition coefficient (Wildman–Crippen LogP) is 10.8. The minimum Gasteiger partial charge on any atom is -0.318 e. The summed E-state index contributed by atoms with van der Waals surface area (Å²) in [7, 11) is 0. The van der Waals surface area contributed by atoms with E-state index in [2.05, 4.69) is 125 Å². The van der Waals surface area contributed by atoms with Crippen molar-refractivity contribution in [1.82, 2.24) is 43.6 Å². The molecule has 294 valence electrons. The molecule has 10 rings (SSSR count). The number of pyridine rings is 3. The highest BCUT2D eigenvalue weighted by atomic mass is 15.1. The number of benzene rings is 4. The average Bonchev–Trinajstić information content (AvgIpc) is 3.99. The van der Waals surface area contributed by atoms with Gasteiger partial charge in [0.1, 0.15) is 17.1 Å². The van der Waals surface area contributed by atoms with Gasteiger partial charge >= 0.3 is 0 Å². The summed E-state index contributed by atoms with van der Waals surface area (Å²) in [6.45, 7) is 8.83. The molecule has 0 atom stereocenters. The Morgan fingerprint density at radius 1 is 0.333 bits per heavy atom. The van der Waals surface area contributed by atoms with E-state index in [0.29, 0.717) is 19.6 Å². The van der Waals surface area contributed by atoms with E-state index in [1.165, 1.54) is 33.4 Å². The standard InChI is InChI=1S/C51H45N9/c1-4-34-37(31-58-46-25-10-7-19-40(46)55-49(58)43-22-13-16-28-52-43)35(5-2)39(33-60-48-27-12-9-21-42(48)57-51(60)45-24-15-18-30-54-45)36(6-3)38(34)32-59-47-26-11-8-20-41(47)56-50(59)44-23-14-17-29-53-44/h7-30H,4-6,31-33H2,1-3H3. The lowest BCUT2D eigenvalue weighted by Gasteiger charge is -2.28. The second-order valence-corrected chi connectivity index (χ2v) is 15.1. The highest BCUT2D eigenvalue weighted by Crippen LogP contribution is 2.37. The third-order valence-corrected chi connectivity index (χ3v) is 11.8. The quantitative estimate of drug-likeness (QED) is 0.123. The van der Waals surface area contributed by atoms with Crippen LogP contribution in [-0.4, -0.2) is 43.6 Å². The van der Waals surface area contributed by atoms with Crippen molar-refractivity contribution in [3.05, 3.63) is 179 Å². The van der Waals surface area contributed by atoms with Gasteiger partial charge in [-0.2, -0.15) is 0 Å². The molecule has 4 aromatic carbocycles. The predicted molar refractivity (Wildman–Crippen MR) is 241 cm³/mol. The fraction of sp³-hybridized carbons (Fsp3) is 0.176. The topological polar surface area (TPSA) is 92.1 Å². The summed E-state index contributed by atoms with van der Waals surface area (Å²) >= 11 is 0. The zero-order valence-electron chi connectivity index (χ0n) is 34.1. The van der Waals surface area contributed by atoms with Crippen LogP contribution in [0.2, 0.25) is 0 Å². The van der Waals surface area contributed by atoms with Crippen LogP contribution < -0.4 is 0 Å². The van der Waals surface area contributed by atoms with Crippen molar-refractivity contribution in [2.75, 3.05) is 0 Å². The van der Waals surface area contributed by atoms with Crippen LogP contribution in [0.1, 0.15) is 54.2 Å². The maximum absolute atomic E-state index is 5.21. The van der Waals surface area contributed by atoms with Gasteiger partial charge in [-0.25, -0.2) is 15.0 Å². The fourth-order valence-corrected chi connectivity index (χ4v) is 9.20. The van der Waals surface area contributed by atoms with Gasteiger partial charge in [-0.1, -0.05) is 75.4 Å². The largest absolute Gasteiger partial charge is 0.318 e. The first kappa shape index (κ1) is 37.0. The Morgan fingerprint density at radius 2 is 0.617 bits per heavy atom. The van der Waals surface area contributed by atoms with Crippen LogP contribution in [-0.2, 0) is 38.9 Å². The van der Waals surface area contributed by atoms with Crippen LogP contribution in [0.4, 0.5) is 0 Å². The smallest absolute Gasteiger partial charge is 0.160 e. The second-order valence-electron chi connectivity index (χ2n) is 15.1. The zero-order chi connectivity index (χ0) is 40.6. The molecule has 9 heteroatoms. The van der Waals surface area contributed by atoms with Crippen molar-refractivity contribution in [3.63, 3.8) is 0 Å². The molecular formula is C51H45N9. The lowest BCUT2D eigenvalue weighted by atomic mass is 9.82. The van der Waals surface area contributed by atoms with Crippen LogP contribution >= 0.6 is 0 Å². The third-order valence-electron chi connectivity index (χ3n) is 11.8. The first-order chi connectivity index (χ1) is 29.6. The number of fused-ring (bicyclic) bond motifs is 3. The van der Waals surface area contributed by atoms with E-state index in [1.807, 2.05) is 55.0 Å². The summed E-state index contributed by atoms with van der Waals surface area (Å²) < 4.78 is 7.13. The highest BCUT2D eigenvalue weighted by molar-refractivity contribution is 5.82. The Balaban J connectivity index is 1.26. The summed E-state index contributed by atoms with van der Waals surface area (Å²) in [5.74, 6) is 2.58. The van der Waals surface area contributed by atoms with Gasteiger partial charge in [-0.15, -0.1) is 0 Å². The Hall–Kier alpha value is -7.26. The fourth-order valence-electron chi connectivity index (χ4n) is 9.20. The number of nitrogens with zero attached hydrogens (tertiary/aromatic N) is 9. The summed E-state index contributed by atoms with van der Waals surface area (Å²) in [6, 6.07) is 43.5. The van der Waals surface area contributed by atoms with Crippen molar-refractivity contribution >= 4 is 33.1 Å². The Bertz CT molecular complexity index is 2770. The molecule has 0 unspecified atom stereocenters. The lowest BCUT2D eigenvalue weighted by molar-refractivity contribution is 0.738. The molecule has 6 heterocycles. The third kappa shape index (κ3) is 6.43. The van der Waals surface area contributed by atoms with E-state index in [0.717, 1.165) is 86.9 Å². The van der Waals surface area contributed by atoms with Gasteiger partial charge in [0.25, 0.3) is 0 Å². The lowest BCUT2D eigenvalue weighted by Crippen LogP contribution is -2.19. The van der Waals surface area contributed by atoms with Crippen molar-refractivity contribution in [2.45, 2.75) is 59.7 Å². The first-order valence-corrected chi connectivity index (χ1v) is 20.9. The van der Waals surface area contributed by atoms with Crippen LogP contribution in [0.15, 0.2) is 146 Å². The first-order valence-electron chi connectivity index (χ1n) is 20.9. The van der Waals surface area contributed by atoms with E-state index < -0.39 is 0 Å². The van der Waals surface area contributed by atoms with Gasteiger partial charge in [0.2, 0.25) is 0 Å². The van der Waals surface area contributed by atoms with Crippen molar-refractivity contribution in [2.24, 2.45) is 0 Å². The number of hydrogen-bond acceptors (Lipinski definition) is 6. The van der Waals surface area contributed by atoms with E-state index >= 15 is 0 Å². The van der Waals surface area contributed by atoms with Crippen molar-refractivity contribution in [3.8, 4) is 34.6 Å². The van der Waals surface area contributed by atoms with Gasteiger partial charge in [0, 0.05) is 18.6 Å². The minimum absolute atomic E-state index is 0.637. The molecule has 6 aromatic heterocycles. The van der Waals surface area contributed by atoms with E-state index in [9.17, 15) is 0 Å². The molecule has 9 nitrogen and oxygen atoms in total. The maximum atomic E-state index is 5.21. The number of rotatable bonds is 12. The molecule has 60 heavy (non-hydrogen) atoms. The normalized spacial score (nSPS) is 11.7. The molecule has 0 aliphatic rings. The van der Waals surface area contributed by atoms with Crippen LogP contribution in [0.3, 0.4) is 0 Å². The highest BCUT2D eigenvalue weighted by Gasteiger charge is 2.27. The molecule has 0 fully saturated rings. The summed E-state index contributed by atoms with van der Waals surface area (Å²) in [4.78, 5) is 30.1. The average molecular weight is 784 g/mol. The summed E-state index contributed by atoms with van der Waals surface area (Å²) in [5, 5.41) is 0. The van der Waals surface area contributed by atoms with Crippen LogP contribution in [0, 0.1) is 0 Å². The van der Waals surface area contributed by atoms with Gasteiger partial charge in [0.05, 0.1) is 52.7 Å². The summed E-state index contributed by atoms with van der Waals surface area (Å²) in [6.07, 6.45) is 8.12. The Kier molecular flexibility index (Phi) is 9.77. The molecule has 0 bridgehead atoms. The van der Waals surface area contributed by atoms with Crippen LogP contribution in [0.5, 0.6) is 0 Å². The molecule has 0 amide bonds. The van der Waals surface area contributed by atoms with Crippen molar-refractivity contribution in [1.29, 1.82) is 0 Å². The Labute approximate surface area is 349 Å². The van der Waals surface area contributed by atoms with Gasteiger partial charge < -0.3 is 13.7 Å². The van der Waals surface area contributed by atoms with Gasteiger partial charge in [0.15, 0.2) is 17.5 Å². The molecule has 0 radical (unpaired) electrons.